The zero-order chi connectivity index (χ0) is 14.3. The fraction of sp³-hybridized carbons (Fsp3) is 0.533. The van der Waals surface area contributed by atoms with Crippen LogP contribution in [0.15, 0.2) is 18.2 Å². The molecule has 4 N–H and O–H groups in total. The minimum Gasteiger partial charge on any atom is -0.352 e. The van der Waals surface area contributed by atoms with Gasteiger partial charge in [-0.3, -0.25) is 10.6 Å². The van der Waals surface area contributed by atoms with Crippen molar-refractivity contribution in [3.8, 4) is 0 Å². The fourth-order valence-corrected chi connectivity index (χ4v) is 1.95. The number of unbranched alkanes of at least 4 members (excludes halogenated alkanes) is 1. The fourth-order valence-electron chi connectivity index (χ4n) is 1.95. The summed E-state index contributed by atoms with van der Waals surface area (Å²) in [5, 5.41) is 2.94. The molecule has 0 aliphatic heterocycles. The van der Waals surface area contributed by atoms with Gasteiger partial charge in [-0.1, -0.05) is 38.3 Å². The summed E-state index contributed by atoms with van der Waals surface area (Å²) < 4.78 is 0. The molecule has 0 saturated heterocycles. The van der Waals surface area contributed by atoms with E-state index >= 15 is 0 Å². The number of benzene rings is 1. The van der Waals surface area contributed by atoms with Gasteiger partial charge in [-0.2, -0.15) is 0 Å². The van der Waals surface area contributed by atoms with Gasteiger partial charge in [-0.15, -0.1) is 0 Å². The van der Waals surface area contributed by atoms with E-state index in [1.54, 1.807) is 0 Å². The molecule has 19 heavy (non-hydrogen) atoms. The average molecular weight is 263 g/mol. The van der Waals surface area contributed by atoms with Crippen molar-refractivity contribution < 1.29 is 4.79 Å². The van der Waals surface area contributed by atoms with E-state index in [0.717, 1.165) is 24.3 Å². The van der Waals surface area contributed by atoms with Gasteiger partial charge in [0.2, 0.25) is 0 Å². The summed E-state index contributed by atoms with van der Waals surface area (Å²) in [7, 11) is 0. The molecule has 0 atom stereocenters. The minimum absolute atomic E-state index is 0.0683. The van der Waals surface area contributed by atoms with Crippen LogP contribution in [0.3, 0.4) is 0 Å². The van der Waals surface area contributed by atoms with Crippen LogP contribution in [0.1, 0.15) is 49.0 Å². The summed E-state index contributed by atoms with van der Waals surface area (Å²) in [5.41, 5.74) is 4.87. The molecule has 0 saturated carbocycles. The van der Waals surface area contributed by atoms with Gasteiger partial charge in [0, 0.05) is 6.54 Å². The molecule has 4 heteroatoms. The summed E-state index contributed by atoms with van der Waals surface area (Å²) in [4.78, 5) is 12.1. The predicted molar refractivity (Wildman–Crippen MR) is 80.0 cm³/mol. The van der Waals surface area contributed by atoms with Gasteiger partial charge in [0.25, 0.3) is 5.91 Å². The lowest BCUT2D eigenvalue weighted by Crippen LogP contribution is -2.26. The van der Waals surface area contributed by atoms with E-state index in [1.807, 2.05) is 25.1 Å². The molecular formula is C15H25N3O. The summed E-state index contributed by atoms with van der Waals surface area (Å²) in [5.74, 6) is 6.07. The molecular weight excluding hydrogens is 238 g/mol. The maximum absolute atomic E-state index is 12.1. The zero-order valence-corrected chi connectivity index (χ0v) is 12.1. The molecule has 0 aliphatic rings. The van der Waals surface area contributed by atoms with Crippen LogP contribution in [0, 0.1) is 12.8 Å². The Labute approximate surface area is 115 Å². The number of anilines is 1. The summed E-state index contributed by atoms with van der Waals surface area (Å²) in [6.45, 7) is 7.10. The van der Waals surface area contributed by atoms with Crippen molar-refractivity contribution in [1.82, 2.24) is 5.32 Å². The normalized spacial score (nSPS) is 10.6. The number of aryl methyl sites for hydroxylation is 1. The smallest absolute Gasteiger partial charge is 0.253 e. The molecule has 0 unspecified atom stereocenters. The molecule has 1 rings (SSSR count). The van der Waals surface area contributed by atoms with Crippen LogP contribution in [-0.4, -0.2) is 12.5 Å². The Balaban J connectivity index is 2.47. The third-order valence-corrected chi connectivity index (χ3v) is 3.07. The van der Waals surface area contributed by atoms with Crippen LogP contribution in [0.2, 0.25) is 0 Å². The van der Waals surface area contributed by atoms with Crippen molar-refractivity contribution in [3.63, 3.8) is 0 Å². The molecule has 0 aliphatic carbocycles. The predicted octanol–water partition coefficient (Wildman–Crippen LogP) is 2.84. The van der Waals surface area contributed by atoms with E-state index < -0.39 is 0 Å². The van der Waals surface area contributed by atoms with E-state index in [2.05, 4.69) is 24.6 Å². The molecule has 0 bridgehead atoms. The molecule has 0 aromatic heterocycles. The lowest BCUT2D eigenvalue weighted by molar-refractivity contribution is 0.0953. The van der Waals surface area contributed by atoms with E-state index in [4.69, 9.17) is 5.84 Å². The van der Waals surface area contributed by atoms with E-state index in [-0.39, 0.29) is 5.91 Å². The van der Waals surface area contributed by atoms with Gasteiger partial charge < -0.3 is 10.7 Å². The second-order valence-corrected chi connectivity index (χ2v) is 5.34. The van der Waals surface area contributed by atoms with Crippen LogP contribution in [0.5, 0.6) is 0 Å². The molecule has 1 amide bonds. The Bertz CT molecular complexity index is 416. The number of carbonyl (C=O) groups excluding carboxylic acids is 1. The third kappa shape index (κ3) is 5.30. The first-order valence-corrected chi connectivity index (χ1v) is 6.90. The lowest BCUT2D eigenvalue weighted by Gasteiger charge is -2.11. The maximum atomic E-state index is 12.1. The number of rotatable bonds is 7. The Morgan fingerprint density at radius 2 is 2.05 bits per heavy atom. The molecule has 1 aromatic carbocycles. The highest BCUT2D eigenvalue weighted by Gasteiger charge is 2.10. The molecule has 106 valence electrons. The van der Waals surface area contributed by atoms with Crippen LogP contribution in [0.25, 0.3) is 0 Å². The largest absolute Gasteiger partial charge is 0.352 e. The first kappa shape index (κ1) is 15.5. The first-order chi connectivity index (χ1) is 9.04. The molecule has 0 spiro atoms. The van der Waals surface area contributed by atoms with Gasteiger partial charge in [0.05, 0.1) is 11.3 Å². The Morgan fingerprint density at radius 1 is 1.32 bits per heavy atom. The standard InChI is InChI=1S/C15H25N3O/c1-11(2)6-4-5-9-17-15(19)13-10-12(3)7-8-14(13)18-16/h7-8,10-11,18H,4-6,9,16H2,1-3H3,(H,17,19). The van der Waals surface area contributed by atoms with Crippen molar-refractivity contribution in [3.05, 3.63) is 29.3 Å². The number of carbonyl (C=O) groups is 1. The number of nitrogens with two attached hydrogens (primary N) is 1. The quantitative estimate of drug-likeness (QED) is 0.402. The van der Waals surface area contributed by atoms with Gasteiger partial charge in [-0.05, 0) is 31.4 Å². The molecule has 1 aromatic rings. The minimum atomic E-state index is -0.0683. The Kier molecular flexibility index (Phi) is 6.36. The zero-order valence-electron chi connectivity index (χ0n) is 12.1. The van der Waals surface area contributed by atoms with Crippen molar-refractivity contribution in [1.29, 1.82) is 0 Å². The van der Waals surface area contributed by atoms with E-state index in [9.17, 15) is 4.79 Å². The molecule has 0 heterocycles. The molecule has 4 nitrogen and oxygen atoms in total. The second kappa shape index (κ2) is 7.79. The van der Waals surface area contributed by atoms with Crippen LogP contribution in [-0.2, 0) is 0 Å². The SMILES string of the molecule is Cc1ccc(NN)c(C(=O)NCCCCC(C)C)c1. The lowest BCUT2D eigenvalue weighted by atomic mass is 10.1. The molecule has 0 fully saturated rings. The van der Waals surface area contributed by atoms with Crippen molar-refractivity contribution in [2.75, 3.05) is 12.0 Å². The summed E-state index contributed by atoms with van der Waals surface area (Å²) >= 11 is 0. The Morgan fingerprint density at radius 3 is 2.68 bits per heavy atom. The van der Waals surface area contributed by atoms with Gasteiger partial charge in [0.1, 0.15) is 0 Å². The van der Waals surface area contributed by atoms with Crippen LogP contribution in [0.4, 0.5) is 5.69 Å². The number of hydrogen-bond acceptors (Lipinski definition) is 3. The number of hydrazine groups is 1. The third-order valence-electron chi connectivity index (χ3n) is 3.07. The summed E-state index contributed by atoms with van der Waals surface area (Å²) in [6, 6.07) is 5.59. The highest BCUT2D eigenvalue weighted by atomic mass is 16.1. The highest BCUT2D eigenvalue weighted by molar-refractivity contribution is 5.99. The topological polar surface area (TPSA) is 67.1 Å². The van der Waals surface area contributed by atoms with Crippen LogP contribution >= 0.6 is 0 Å². The Hall–Kier alpha value is -1.55. The van der Waals surface area contributed by atoms with Crippen molar-refractivity contribution in [2.45, 2.75) is 40.0 Å². The second-order valence-electron chi connectivity index (χ2n) is 5.34. The highest BCUT2D eigenvalue weighted by Crippen LogP contribution is 2.16. The monoisotopic (exact) mass is 263 g/mol. The number of hydrogen-bond donors (Lipinski definition) is 3. The molecule has 0 radical (unpaired) electrons. The van der Waals surface area contributed by atoms with E-state index in [1.165, 1.54) is 6.42 Å². The van der Waals surface area contributed by atoms with E-state index in [0.29, 0.717) is 17.8 Å². The maximum Gasteiger partial charge on any atom is 0.253 e. The van der Waals surface area contributed by atoms with Gasteiger partial charge in [0.15, 0.2) is 0 Å². The van der Waals surface area contributed by atoms with Gasteiger partial charge >= 0.3 is 0 Å². The van der Waals surface area contributed by atoms with Gasteiger partial charge in [-0.25, -0.2) is 0 Å². The van der Waals surface area contributed by atoms with Crippen LogP contribution < -0.4 is 16.6 Å². The number of nitrogen functional groups attached to an aromatic ring is 1. The van der Waals surface area contributed by atoms with Crippen molar-refractivity contribution >= 4 is 11.6 Å². The number of amides is 1. The average Bonchev–Trinajstić information content (AvgIpc) is 2.37. The summed E-state index contributed by atoms with van der Waals surface area (Å²) in [6.07, 6.45) is 3.37. The van der Waals surface area contributed by atoms with Crippen molar-refractivity contribution in [2.24, 2.45) is 11.8 Å². The number of nitrogens with one attached hydrogen (secondary N) is 2. The first-order valence-electron chi connectivity index (χ1n) is 6.90.